The number of methoxy groups -OCH3 is 2. The van der Waals surface area contributed by atoms with E-state index in [1.807, 2.05) is 0 Å². The first kappa shape index (κ1) is 19.5. The van der Waals surface area contributed by atoms with Gasteiger partial charge in [-0.15, -0.1) is 0 Å². The first-order chi connectivity index (χ1) is 13.2. The minimum atomic E-state index is -4.49. The van der Waals surface area contributed by atoms with Gasteiger partial charge in [0, 0.05) is 11.6 Å². The summed E-state index contributed by atoms with van der Waals surface area (Å²) in [6.45, 7) is 0. The Morgan fingerprint density at radius 1 is 0.964 bits per heavy atom. The summed E-state index contributed by atoms with van der Waals surface area (Å²) in [5, 5.41) is 0. The van der Waals surface area contributed by atoms with Crippen LogP contribution in [-0.4, -0.2) is 31.8 Å². The van der Waals surface area contributed by atoms with Crippen LogP contribution in [0.2, 0.25) is 0 Å². The smallest absolute Gasteiger partial charge is 0.342 e. The lowest BCUT2D eigenvalue weighted by Crippen LogP contribution is -2.42. The van der Waals surface area contributed by atoms with Crippen LogP contribution in [0.3, 0.4) is 0 Å². The van der Waals surface area contributed by atoms with Crippen LogP contribution in [0.4, 0.5) is 17.6 Å². The fourth-order valence-corrected chi connectivity index (χ4v) is 2.50. The average molecular weight is 398 g/mol. The molecule has 0 radical (unpaired) electrons. The van der Waals surface area contributed by atoms with Gasteiger partial charge in [0.2, 0.25) is 11.5 Å². The van der Waals surface area contributed by atoms with E-state index in [-0.39, 0.29) is 17.4 Å². The number of carbonyl (C=O) groups excluding carboxylic acids is 1. The van der Waals surface area contributed by atoms with E-state index in [4.69, 9.17) is 18.9 Å². The van der Waals surface area contributed by atoms with Gasteiger partial charge in [0.15, 0.2) is 5.76 Å². The van der Waals surface area contributed by atoms with Crippen molar-refractivity contribution in [3.05, 3.63) is 71.6 Å². The van der Waals surface area contributed by atoms with Crippen molar-refractivity contribution in [3.8, 4) is 11.5 Å². The van der Waals surface area contributed by atoms with E-state index in [0.29, 0.717) is 17.8 Å². The largest absolute Gasteiger partial charge is 0.497 e. The zero-order chi connectivity index (χ0) is 20.5. The quantitative estimate of drug-likeness (QED) is 0.544. The van der Waals surface area contributed by atoms with Crippen molar-refractivity contribution in [2.75, 3.05) is 14.2 Å². The number of carbonyl (C=O) groups is 1. The summed E-state index contributed by atoms with van der Waals surface area (Å²) in [7, 11) is 2.81. The lowest BCUT2D eigenvalue weighted by atomic mass is 9.95. The van der Waals surface area contributed by atoms with Gasteiger partial charge in [0.05, 0.1) is 19.8 Å². The van der Waals surface area contributed by atoms with Crippen LogP contribution in [0.25, 0.3) is 0 Å². The Labute approximate surface area is 157 Å². The highest BCUT2D eigenvalue weighted by Gasteiger charge is 2.59. The molecule has 3 rings (SSSR count). The first-order valence-corrected chi connectivity index (χ1v) is 7.87. The molecule has 1 aliphatic heterocycles. The molecule has 0 atom stereocenters. The number of halogens is 4. The van der Waals surface area contributed by atoms with Crippen LogP contribution in [0.15, 0.2) is 66.0 Å². The van der Waals surface area contributed by atoms with Gasteiger partial charge in [-0.05, 0) is 24.3 Å². The van der Waals surface area contributed by atoms with E-state index in [1.54, 1.807) is 6.07 Å². The molecular weight excluding hydrogens is 384 g/mol. The molecule has 5 nitrogen and oxygen atoms in total. The minimum absolute atomic E-state index is 0.0989. The molecule has 1 heterocycles. The standard InChI is InChI=1S/C19H14F4O5/c1-25-12-6-11(7-13(8-12)26-2)17(24)16-10-27-15(9-28-16)14-4-3-5-18(20,21)19(14,22)23/h3-10H,1-2H3. The van der Waals surface area contributed by atoms with Gasteiger partial charge >= 0.3 is 11.8 Å². The molecule has 1 aromatic carbocycles. The third-order valence-corrected chi connectivity index (χ3v) is 4.01. The second kappa shape index (κ2) is 7.06. The molecule has 0 fully saturated rings. The molecule has 0 N–H and O–H groups in total. The van der Waals surface area contributed by atoms with Gasteiger partial charge in [-0.3, -0.25) is 4.79 Å². The van der Waals surface area contributed by atoms with Gasteiger partial charge in [-0.1, -0.05) is 6.08 Å². The van der Waals surface area contributed by atoms with Gasteiger partial charge in [0.25, 0.3) is 0 Å². The minimum Gasteiger partial charge on any atom is -0.497 e. The number of hydrogen-bond acceptors (Lipinski definition) is 5. The zero-order valence-electron chi connectivity index (χ0n) is 14.7. The van der Waals surface area contributed by atoms with Crippen molar-refractivity contribution in [2.24, 2.45) is 0 Å². The van der Waals surface area contributed by atoms with Crippen LogP contribution < -0.4 is 9.47 Å². The second-order valence-electron chi connectivity index (χ2n) is 5.77. The molecule has 148 valence electrons. The highest BCUT2D eigenvalue weighted by atomic mass is 19.3. The summed E-state index contributed by atoms with van der Waals surface area (Å²) in [5.74, 6) is -9.79. The molecule has 0 saturated carbocycles. The molecule has 0 unspecified atom stereocenters. The molecule has 0 aromatic heterocycles. The Hall–Kier alpha value is -3.23. The van der Waals surface area contributed by atoms with Gasteiger partial charge in [-0.2, -0.15) is 17.6 Å². The number of alkyl halides is 4. The Morgan fingerprint density at radius 3 is 2.14 bits per heavy atom. The summed E-state index contributed by atoms with van der Waals surface area (Å²) in [6, 6.07) is 4.38. The number of ether oxygens (including phenoxy) is 4. The number of allylic oxidation sites excluding steroid dienone is 5. The molecule has 1 aliphatic carbocycles. The SMILES string of the molecule is COc1cc(OC)cc(C(=O)C2=COC(C3=CC=CC(F)(F)C3(F)F)=CO2)c1. The zero-order valence-corrected chi connectivity index (χ0v) is 14.7. The average Bonchev–Trinajstić information content (AvgIpc) is 2.69. The molecule has 0 spiro atoms. The van der Waals surface area contributed by atoms with E-state index in [1.165, 1.54) is 26.4 Å². The molecule has 1 aromatic rings. The monoisotopic (exact) mass is 398 g/mol. The van der Waals surface area contributed by atoms with E-state index >= 15 is 0 Å². The van der Waals surface area contributed by atoms with Crippen molar-refractivity contribution in [3.63, 3.8) is 0 Å². The van der Waals surface area contributed by atoms with Gasteiger partial charge < -0.3 is 18.9 Å². The summed E-state index contributed by atoms with van der Waals surface area (Å²) in [6.07, 6.45) is 3.14. The highest BCUT2D eigenvalue weighted by molar-refractivity contribution is 6.07. The molecule has 2 aliphatic rings. The number of Topliss-reactive ketones (excluding diaryl/α,β-unsaturated/α-hetero) is 1. The molecular formula is C19H14F4O5. The molecule has 9 heteroatoms. The summed E-state index contributed by atoms with van der Waals surface area (Å²) < 4.78 is 75.0. The highest BCUT2D eigenvalue weighted by Crippen LogP contribution is 2.46. The van der Waals surface area contributed by atoms with E-state index in [2.05, 4.69) is 0 Å². The predicted molar refractivity (Wildman–Crippen MR) is 89.3 cm³/mol. The van der Waals surface area contributed by atoms with Crippen molar-refractivity contribution >= 4 is 5.78 Å². The van der Waals surface area contributed by atoms with Crippen LogP contribution in [-0.2, 0) is 9.47 Å². The summed E-state index contributed by atoms with van der Waals surface area (Å²) >= 11 is 0. The van der Waals surface area contributed by atoms with Gasteiger partial charge in [-0.25, -0.2) is 0 Å². The Bertz CT molecular complexity index is 906. The van der Waals surface area contributed by atoms with Crippen molar-refractivity contribution in [2.45, 2.75) is 11.8 Å². The predicted octanol–water partition coefficient (Wildman–Crippen LogP) is 4.38. The number of rotatable bonds is 5. The van der Waals surface area contributed by atoms with E-state index in [0.717, 1.165) is 18.4 Å². The third-order valence-electron chi connectivity index (χ3n) is 4.01. The van der Waals surface area contributed by atoms with Crippen LogP contribution >= 0.6 is 0 Å². The maximum Gasteiger partial charge on any atom is 0.342 e. The fourth-order valence-electron chi connectivity index (χ4n) is 2.50. The topological polar surface area (TPSA) is 54.0 Å². The lowest BCUT2D eigenvalue weighted by molar-refractivity contribution is -0.156. The first-order valence-electron chi connectivity index (χ1n) is 7.87. The Balaban J connectivity index is 1.81. The van der Waals surface area contributed by atoms with E-state index < -0.39 is 29.0 Å². The van der Waals surface area contributed by atoms with Crippen LogP contribution in [0.5, 0.6) is 11.5 Å². The molecule has 0 saturated heterocycles. The fraction of sp³-hybridized carbons (Fsp3) is 0.211. The van der Waals surface area contributed by atoms with Crippen molar-refractivity contribution < 1.29 is 41.3 Å². The Morgan fingerprint density at radius 2 is 1.61 bits per heavy atom. The van der Waals surface area contributed by atoms with E-state index in [9.17, 15) is 22.4 Å². The van der Waals surface area contributed by atoms with Crippen molar-refractivity contribution in [1.82, 2.24) is 0 Å². The molecule has 0 amide bonds. The summed E-state index contributed by atoms with van der Waals surface area (Å²) in [5.41, 5.74) is -0.939. The maximum absolute atomic E-state index is 14.0. The number of benzene rings is 1. The molecule has 0 bridgehead atoms. The Kier molecular flexibility index (Phi) is 4.93. The maximum atomic E-state index is 14.0. The number of ketones is 1. The number of hydrogen-bond donors (Lipinski definition) is 0. The summed E-state index contributed by atoms with van der Waals surface area (Å²) in [4.78, 5) is 12.5. The van der Waals surface area contributed by atoms with Crippen molar-refractivity contribution in [1.29, 1.82) is 0 Å². The van der Waals surface area contributed by atoms with Gasteiger partial charge in [0.1, 0.15) is 24.0 Å². The second-order valence-corrected chi connectivity index (χ2v) is 5.77. The normalized spacial score (nSPS) is 19.4. The van der Waals surface area contributed by atoms with Crippen LogP contribution in [0, 0.1) is 0 Å². The lowest BCUT2D eigenvalue weighted by Gasteiger charge is -2.29. The third kappa shape index (κ3) is 3.35. The molecule has 28 heavy (non-hydrogen) atoms. The van der Waals surface area contributed by atoms with Crippen LogP contribution in [0.1, 0.15) is 10.4 Å².